The Bertz CT molecular complexity index is 680. The van der Waals surface area contributed by atoms with E-state index in [2.05, 4.69) is 15.3 Å². The van der Waals surface area contributed by atoms with Gasteiger partial charge in [-0.3, -0.25) is 4.79 Å². The molecule has 0 saturated heterocycles. The Morgan fingerprint density at radius 2 is 2.04 bits per heavy atom. The molecule has 2 N–H and O–H groups in total. The lowest BCUT2D eigenvalue weighted by Crippen LogP contribution is -2.61. The zero-order valence-corrected chi connectivity index (χ0v) is 15.3. The van der Waals surface area contributed by atoms with E-state index in [0.29, 0.717) is 23.3 Å². The van der Waals surface area contributed by atoms with Crippen LogP contribution in [0.3, 0.4) is 0 Å². The van der Waals surface area contributed by atoms with Crippen molar-refractivity contribution in [3.63, 3.8) is 0 Å². The Morgan fingerprint density at radius 3 is 2.64 bits per heavy atom. The first kappa shape index (κ1) is 17.0. The van der Waals surface area contributed by atoms with Crippen molar-refractivity contribution in [2.24, 2.45) is 17.8 Å². The van der Waals surface area contributed by atoms with Gasteiger partial charge in [-0.1, -0.05) is 0 Å². The van der Waals surface area contributed by atoms with Gasteiger partial charge in [0.1, 0.15) is 5.56 Å². The number of nitrogens with one attached hydrogen (secondary N) is 1. The van der Waals surface area contributed by atoms with Crippen LogP contribution in [-0.4, -0.2) is 38.7 Å². The van der Waals surface area contributed by atoms with Crippen LogP contribution in [0.15, 0.2) is 6.20 Å². The topological polar surface area (TPSA) is 84.3 Å². The number of hydrogen-bond acceptors (Lipinski definition) is 5. The summed E-state index contributed by atoms with van der Waals surface area (Å²) in [5.74, 6) is 1.30. The van der Waals surface area contributed by atoms with E-state index in [0.717, 1.165) is 32.1 Å². The molecule has 136 valence electrons. The number of carbonyl (C=O) groups is 1. The first-order valence-corrected chi connectivity index (χ1v) is 9.43. The molecule has 0 radical (unpaired) electrons. The molecule has 5 rings (SSSR count). The Hall–Kier alpha value is -1.40. The smallest absolute Gasteiger partial charge is 0.258 e. The number of carbonyl (C=O) groups excluding carboxylic acids is 1. The zero-order chi connectivity index (χ0) is 17.8. The van der Waals surface area contributed by atoms with E-state index in [1.165, 1.54) is 6.20 Å². The zero-order valence-electron chi connectivity index (χ0n) is 14.5. The van der Waals surface area contributed by atoms with Crippen LogP contribution in [-0.2, 0) is 0 Å². The van der Waals surface area contributed by atoms with E-state index in [4.69, 9.17) is 16.3 Å². The summed E-state index contributed by atoms with van der Waals surface area (Å²) in [5.41, 5.74) is -0.196. The molecule has 6 nitrogen and oxygen atoms in total. The third kappa shape index (κ3) is 3.22. The highest BCUT2D eigenvalue weighted by atomic mass is 35.5. The van der Waals surface area contributed by atoms with Gasteiger partial charge in [0.15, 0.2) is 0 Å². The monoisotopic (exact) mass is 365 g/mol. The van der Waals surface area contributed by atoms with Crippen molar-refractivity contribution in [1.29, 1.82) is 0 Å². The molecule has 25 heavy (non-hydrogen) atoms. The maximum Gasteiger partial charge on any atom is 0.258 e. The summed E-state index contributed by atoms with van der Waals surface area (Å²) >= 11 is 5.85. The van der Waals surface area contributed by atoms with Crippen LogP contribution in [0.1, 0.15) is 56.3 Å². The normalized spacial score (nSPS) is 35.9. The van der Waals surface area contributed by atoms with E-state index in [1.807, 2.05) is 13.8 Å². The number of hydrogen-bond donors (Lipinski definition) is 2. The molecule has 0 aliphatic heterocycles. The fourth-order valence-electron chi connectivity index (χ4n) is 5.26. The van der Waals surface area contributed by atoms with Crippen LogP contribution in [0.4, 0.5) is 0 Å². The maximum absolute atomic E-state index is 12.9. The first-order valence-electron chi connectivity index (χ1n) is 9.05. The summed E-state index contributed by atoms with van der Waals surface area (Å²) in [6, 6.07) is 0.104. The standard InChI is InChI=1S/C18H24ClN3O3/c1-9(2)25-16-13(8-20-17(19)22-16)15(23)21-14-11-3-10-4-12(14)7-18(24,5-10)6-11/h8-12,14,24H,3-7H2,1-2H3,(H,21,23)/t10?,11?,12?,14-,18+. The van der Waals surface area contributed by atoms with Gasteiger partial charge in [0.2, 0.25) is 11.2 Å². The molecule has 4 aliphatic rings. The van der Waals surface area contributed by atoms with E-state index >= 15 is 0 Å². The second-order valence-electron chi connectivity index (χ2n) is 8.22. The molecule has 4 bridgehead atoms. The molecule has 4 aliphatic carbocycles. The van der Waals surface area contributed by atoms with E-state index < -0.39 is 5.60 Å². The maximum atomic E-state index is 12.9. The minimum Gasteiger partial charge on any atom is -0.474 e. The third-order valence-electron chi connectivity index (χ3n) is 5.85. The minimum atomic E-state index is -0.507. The van der Waals surface area contributed by atoms with Crippen LogP contribution in [0, 0.1) is 17.8 Å². The van der Waals surface area contributed by atoms with Gasteiger partial charge >= 0.3 is 0 Å². The van der Waals surface area contributed by atoms with E-state index in [-0.39, 0.29) is 29.2 Å². The fraction of sp³-hybridized carbons (Fsp3) is 0.722. The molecule has 4 fully saturated rings. The summed E-state index contributed by atoms with van der Waals surface area (Å²) in [6.07, 6.45) is 6.00. The number of amides is 1. The largest absolute Gasteiger partial charge is 0.474 e. The second-order valence-corrected chi connectivity index (χ2v) is 8.56. The predicted octanol–water partition coefficient (Wildman–Crippen LogP) is 2.59. The number of aromatic nitrogens is 2. The number of aliphatic hydroxyl groups is 1. The van der Waals surface area contributed by atoms with Gasteiger partial charge in [0, 0.05) is 12.2 Å². The van der Waals surface area contributed by atoms with E-state index in [1.54, 1.807) is 0 Å². The number of ether oxygens (including phenoxy) is 1. The van der Waals surface area contributed by atoms with Gasteiger partial charge in [-0.2, -0.15) is 4.98 Å². The molecular formula is C18H24ClN3O3. The van der Waals surface area contributed by atoms with E-state index in [9.17, 15) is 9.90 Å². The molecule has 1 aromatic rings. The molecule has 0 aromatic carbocycles. The molecule has 1 heterocycles. The van der Waals surface area contributed by atoms with Crippen molar-refractivity contribution >= 4 is 17.5 Å². The summed E-state index contributed by atoms with van der Waals surface area (Å²) in [7, 11) is 0. The molecule has 1 aromatic heterocycles. The minimum absolute atomic E-state index is 0.0593. The van der Waals surface area contributed by atoms with Crippen molar-refractivity contribution in [3.05, 3.63) is 17.0 Å². The van der Waals surface area contributed by atoms with Crippen LogP contribution in [0.2, 0.25) is 5.28 Å². The number of rotatable bonds is 4. The molecule has 2 atom stereocenters. The highest BCUT2D eigenvalue weighted by Gasteiger charge is 2.55. The second kappa shape index (κ2) is 6.09. The van der Waals surface area contributed by atoms with Crippen molar-refractivity contribution < 1.29 is 14.6 Å². The first-order chi connectivity index (χ1) is 11.8. The van der Waals surface area contributed by atoms with Crippen LogP contribution in [0.5, 0.6) is 5.88 Å². The van der Waals surface area contributed by atoms with Gasteiger partial charge in [-0.25, -0.2) is 4.98 Å². The SMILES string of the molecule is CC(C)Oc1nc(Cl)ncc1C(=O)N[C@H]1C2CC3CC1C[C@@](O)(C3)C2. The lowest BCUT2D eigenvalue weighted by Gasteiger charge is -2.58. The quantitative estimate of drug-likeness (QED) is 0.801. The molecule has 2 unspecified atom stereocenters. The molecular weight excluding hydrogens is 342 g/mol. The Labute approximate surface area is 152 Å². The summed E-state index contributed by atoms with van der Waals surface area (Å²) in [5, 5.41) is 13.9. The van der Waals surface area contributed by atoms with Gasteiger partial charge in [0.05, 0.1) is 11.7 Å². The highest BCUT2D eigenvalue weighted by Crippen LogP contribution is 2.55. The van der Waals surface area contributed by atoms with Crippen LogP contribution in [0.25, 0.3) is 0 Å². The van der Waals surface area contributed by atoms with Gasteiger partial charge in [-0.15, -0.1) is 0 Å². The van der Waals surface area contributed by atoms with Crippen molar-refractivity contribution in [2.45, 2.75) is 63.7 Å². The predicted molar refractivity (Wildman–Crippen MR) is 92.6 cm³/mol. The molecule has 0 spiro atoms. The van der Waals surface area contributed by atoms with Gasteiger partial charge < -0.3 is 15.2 Å². The Balaban J connectivity index is 1.53. The van der Waals surface area contributed by atoms with Crippen molar-refractivity contribution in [3.8, 4) is 5.88 Å². The van der Waals surface area contributed by atoms with Crippen LogP contribution >= 0.6 is 11.6 Å². The highest BCUT2D eigenvalue weighted by molar-refractivity contribution is 6.28. The molecule has 4 saturated carbocycles. The lowest BCUT2D eigenvalue weighted by molar-refractivity contribution is -0.136. The number of halogens is 1. The third-order valence-corrected chi connectivity index (χ3v) is 6.04. The summed E-state index contributed by atoms with van der Waals surface area (Å²) in [6.45, 7) is 3.74. The summed E-state index contributed by atoms with van der Waals surface area (Å²) < 4.78 is 5.63. The fourth-order valence-corrected chi connectivity index (χ4v) is 5.39. The Morgan fingerprint density at radius 1 is 1.36 bits per heavy atom. The average molecular weight is 366 g/mol. The van der Waals surface area contributed by atoms with Crippen molar-refractivity contribution in [1.82, 2.24) is 15.3 Å². The van der Waals surface area contributed by atoms with Gasteiger partial charge in [-0.05, 0) is 75.3 Å². The van der Waals surface area contributed by atoms with Crippen molar-refractivity contribution in [2.75, 3.05) is 0 Å². The Kier molecular flexibility index (Phi) is 4.15. The average Bonchev–Trinajstić information content (AvgIpc) is 2.48. The molecule has 7 heteroatoms. The number of nitrogens with zero attached hydrogens (tertiary/aromatic N) is 2. The van der Waals surface area contributed by atoms with Crippen LogP contribution < -0.4 is 10.1 Å². The lowest BCUT2D eigenvalue weighted by atomic mass is 9.52. The molecule has 1 amide bonds. The summed E-state index contributed by atoms with van der Waals surface area (Å²) in [4.78, 5) is 20.9. The van der Waals surface area contributed by atoms with Gasteiger partial charge in [0.25, 0.3) is 5.91 Å².